The predicted molar refractivity (Wildman–Crippen MR) is 70.8 cm³/mol. The molecule has 2 atom stereocenters. The summed E-state index contributed by atoms with van der Waals surface area (Å²) in [5.74, 6) is 1.58. The highest BCUT2D eigenvalue weighted by atomic mass is 16.5. The predicted octanol–water partition coefficient (Wildman–Crippen LogP) is 2.85. The van der Waals surface area contributed by atoms with Gasteiger partial charge in [0.1, 0.15) is 6.10 Å². The van der Waals surface area contributed by atoms with Gasteiger partial charge in [0.25, 0.3) is 0 Å². The van der Waals surface area contributed by atoms with Gasteiger partial charge in [-0.1, -0.05) is 19.1 Å². The molecule has 1 aromatic carbocycles. The van der Waals surface area contributed by atoms with Crippen LogP contribution in [0.3, 0.4) is 0 Å². The van der Waals surface area contributed by atoms with Crippen LogP contribution < -0.4 is 14.8 Å². The zero-order chi connectivity index (χ0) is 12.7. The zero-order valence-electron chi connectivity index (χ0n) is 11.2. The highest BCUT2D eigenvalue weighted by molar-refractivity contribution is 5.39. The number of benzene rings is 1. The molecule has 3 nitrogen and oxygen atoms in total. The van der Waals surface area contributed by atoms with Gasteiger partial charge in [-0.05, 0) is 32.4 Å². The number of rotatable bonds is 7. The van der Waals surface area contributed by atoms with Crippen LogP contribution in [-0.4, -0.2) is 25.8 Å². The summed E-state index contributed by atoms with van der Waals surface area (Å²) in [6.07, 6.45) is 1.25. The Bertz CT molecular complexity index is 328. The van der Waals surface area contributed by atoms with Crippen molar-refractivity contribution >= 4 is 0 Å². The number of hydrogen-bond donors (Lipinski definition) is 1. The first-order valence-corrected chi connectivity index (χ1v) is 6.20. The summed E-state index contributed by atoms with van der Waals surface area (Å²) in [5.41, 5.74) is 0. The zero-order valence-corrected chi connectivity index (χ0v) is 11.2. The Morgan fingerprint density at radius 1 is 1.18 bits per heavy atom. The van der Waals surface area contributed by atoms with E-state index in [1.807, 2.05) is 24.3 Å². The van der Waals surface area contributed by atoms with Gasteiger partial charge < -0.3 is 14.8 Å². The van der Waals surface area contributed by atoms with E-state index in [-0.39, 0.29) is 6.10 Å². The second kappa shape index (κ2) is 7.17. The average Bonchev–Trinajstić information content (AvgIpc) is 2.36. The molecule has 0 aromatic heterocycles. The van der Waals surface area contributed by atoms with E-state index >= 15 is 0 Å². The molecule has 1 aromatic rings. The van der Waals surface area contributed by atoms with Crippen molar-refractivity contribution in [1.82, 2.24) is 5.32 Å². The highest BCUT2D eigenvalue weighted by Gasteiger charge is 2.09. The van der Waals surface area contributed by atoms with Gasteiger partial charge in [-0.3, -0.25) is 0 Å². The van der Waals surface area contributed by atoms with E-state index in [1.54, 1.807) is 7.11 Å². The van der Waals surface area contributed by atoms with Crippen molar-refractivity contribution in [2.75, 3.05) is 13.7 Å². The van der Waals surface area contributed by atoms with Gasteiger partial charge in [-0.15, -0.1) is 0 Å². The van der Waals surface area contributed by atoms with Gasteiger partial charge in [0.15, 0.2) is 11.5 Å². The van der Waals surface area contributed by atoms with Crippen LogP contribution in [0, 0.1) is 0 Å². The van der Waals surface area contributed by atoms with Gasteiger partial charge in [-0.25, -0.2) is 0 Å². The minimum Gasteiger partial charge on any atom is -0.493 e. The molecule has 0 amide bonds. The standard InChI is InChI=1S/C14H23NO2/c1-5-11(2)15-10-12(3)17-14-9-7-6-8-13(14)16-4/h6-9,11-12,15H,5,10H2,1-4H3/t11-,12+/m1/s1. The van der Waals surface area contributed by atoms with E-state index in [4.69, 9.17) is 9.47 Å². The lowest BCUT2D eigenvalue weighted by Gasteiger charge is -2.19. The third-order valence-electron chi connectivity index (χ3n) is 2.76. The van der Waals surface area contributed by atoms with Crippen LogP contribution in [-0.2, 0) is 0 Å². The summed E-state index contributed by atoms with van der Waals surface area (Å²) in [4.78, 5) is 0. The molecule has 0 unspecified atom stereocenters. The lowest BCUT2D eigenvalue weighted by Crippen LogP contribution is -2.34. The van der Waals surface area contributed by atoms with Gasteiger partial charge in [-0.2, -0.15) is 0 Å². The van der Waals surface area contributed by atoms with Crippen molar-refractivity contribution < 1.29 is 9.47 Å². The molecule has 17 heavy (non-hydrogen) atoms. The molecule has 0 radical (unpaired) electrons. The van der Waals surface area contributed by atoms with E-state index in [2.05, 4.69) is 26.1 Å². The first kappa shape index (κ1) is 13.8. The molecule has 1 N–H and O–H groups in total. The fourth-order valence-electron chi connectivity index (χ4n) is 1.49. The molecular formula is C14H23NO2. The Labute approximate surface area is 104 Å². The Hall–Kier alpha value is -1.22. The summed E-state index contributed by atoms with van der Waals surface area (Å²) < 4.78 is 11.1. The smallest absolute Gasteiger partial charge is 0.161 e. The van der Waals surface area contributed by atoms with E-state index in [0.717, 1.165) is 24.5 Å². The number of ether oxygens (including phenoxy) is 2. The first-order valence-electron chi connectivity index (χ1n) is 6.20. The van der Waals surface area contributed by atoms with Crippen LogP contribution in [0.25, 0.3) is 0 Å². The molecule has 0 aliphatic heterocycles. The molecule has 96 valence electrons. The largest absolute Gasteiger partial charge is 0.493 e. The van der Waals surface area contributed by atoms with Crippen molar-refractivity contribution in [3.05, 3.63) is 24.3 Å². The topological polar surface area (TPSA) is 30.5 Å². The fraction of sp³-hybridized carbons (Fsp3) is 0.571. The Balaban J connectivity index is 2.47. The summed E-state index contributed by atoms with van der Waals surface area (Å²) in [7, 11) is 1.66. The SMILES string of the molecule is CC[C@@H](C)NC[C@H](C)Oc1ccccc1OC. The van der Waals surface area contributed by atoms with E-state index in [9.17, 15) is 0 Å². The van der Waals surface area contributed by atoms with Crippen molar-refractivity contribution in [2.24, 2.45) is 0 Å². The minimum atomic E-state index is 0.125. The summed E-state index contributed by atoms with van der Waals surface area (Å²) >= 11 is 0. The highest BCUT2D eigenvalue weighted by Crippen LogP contribution is 2.26. The van der Waals surface area contributed by atoms with Crippen molar-refractivity contribution in [1.29, 1.82) is 0 Å². The van der Waals surface area contributed by atoms with Crippen LogP contribution in [0.4, 0.5) is 0 Å². The molecule has 0 aliphatic carbocycles. The molecule has 0 aliphatic rings. The lowest BCUT2D eigenvalue weighted by atomic mass is 10.2. The Kier molecular flexibility index (Phi) is 5.84. The quantitative estimate of drug-likeness (QED) is 0.791. The Morgan fingerprint density at radius 3 is 2.41 bits per heavy atom. The Morgan fingerprint density at radius 2 is 1.82 bits per heavy atom. The number of para-hydroxylation sites is 2. The van der Waals surface area contributed by atoms with Gasteiger partial charge in [0.2, 0.25) is 0 Å². The van der Waals surface area contributed by atoms with Gasteiger partial charge in [0, 0.05) is 12.6 Å². The maximum Gasteiger partial charge on any atom is 0.161 e. The van der Waals surface area contributed by atoms with Crippen LogP contribution in [0.2, 0.25) is 0 Å². The van der Waals surface area contributed by atoms with Gasteiger partial charge in [0.05, 0.1) is 7.11 Å². The molecule has 1 rings (SSSR count). The molecule has 0 saturated carbocycles. The van der Waals surface area contributed by atoms with Crippen LogP contribution >= 0.6 is 0 Å². The van der Waals surface area contributed by atoms with Crippen molar-refractivity contribution in [2.45, 2.75) is 39.3 Å². The molecule has 0 heterocycles. The van der Waals surface area contributed by atoms with Crippen molar-refractivity contribution in [3.8, 4) is 11.5 Å². The second-order valence-corrected chi connectivity index (χ2v) is 4.30. The molecule has 3 heteroatoms. The fourth-order valence-corrected chi connectivity index (χ4v) is 1.49. The van der Waals surface area contributed by atoms with E-state index < -0.39 is 0 Å². The van der Waals surface area contributed by atoms with Crippen LogP contribution in [0.5, 0.6) is 11.5 Å². The lowest BCUT2D eigenvalue weighted by molar-refractivity contribution is 0.203. The maximum atomic E-state index is 5.84. The molecular weight excluding hydrogens is 214 g/mol. The van der Waals surface area contributed by atoms with Crippen LogP contribution in [0.1, 0.15) is 27.2 Å². The number of nitrogens with one attached hydrogen (secondary N) is 1. The maximum absolute atomic E-state index is 5.84. The summed E-state index contributed by atoms with van der Waals surface area (Å²) in [6.45, 7) is 7.24. The third-order valence-corrected chi connectivity index (χ3v) is 2.76. The first-order chi connectivity index (χ1) is 8.17. The number of methoxy groups -OCH3 is 1. The average molecular weight is 237 g/mol. The van der Waals surface area contributed by atoms with Crippen LogP contribution in [0.15, 0.2) is 24.3 Å². The van der Waals surface area contributed by atoms with Gasteiger partial charge >= 0.3 is 0 Å². The molecule has 0 saturated heterocycles. The van der Waals surface area contributed by atoms with E-state index in [1.165, 1.54) is 0 Å². The van der Waals surface area contributed by atoms with E-state index in [0.29, 0.717) is 6.04 Å². The molecule has 0 bridgehead atoms. The number of hydrogen-bond acceptors (Lipinski definition) is 3. The normalized spacial score (nSPS) is 14.1. The third kappa shape index (κ3) is 4.65. The summed E-state index contributed by atoms with van der Waals surface area (Å²) in [6, 6.07) is 8.25. The van der Waals surface area contributed by atoms with Crippen molar-refractivity contribution in [3.63, 3.8) is 0 Å². The monoisotopic (exact) mass is 237 g/mol. The minimum absolute atomic E-state index is 0.125. The molecule has 0 spiro atoms. The second-order valence-electron chi connectivity index (χ2n) is 4.30. The molecule has 0 fully saturated rings. The summed E-state index contributed by atoms with van der Waals surface area (Å²) in [5, 5.41) is 3.42.